The van der Waals surface area contributed by atoms with E-state index in [1.807, 2.05) is 74.5 Å². The zero-order valence-electron chi connectivity index (χ0n) is 34.3. The minimum Gasteiger partial charge on any atom is -0.414 e. The molecule has 0 heterocycles. The van der Waals surface area contributed by atoms with Crippen molar-refractivity contribution < 1.29 is 28.7 Å². The van der Waals surface area contributed by atoms with Crippen LogP contribution in [0.15, 0.2) is 60.7 Å². The molecule has 0 radical (unpaired) electrons. The van der Waals surface area contributed by atoms with Crippen molar-refractivity contribution in [1.29, 1.82) is 0 Å². The van der Waals surface area contributed by atoms with Crippen LogP contribution in [0.4, 0.5) is 0 Å². The smallest absolute Gasteiger partial charge is 0.252 e. The Hall–Kier alpha value is -2.35. The number of carbonyl (C=O) groups excluding carboxylic acids is 2. The largest absolute Gasteiger partial charge is 0.414 e. The second kappa shape index (κ2) is 17.4. The van der Waals surface area contributed by atoms with Gasteiger partial charge >= 0.3 is 0 Å². The molecule has 0 spiro atoms. The normalized spacial score (nSPS) is 25.6. The van der Waals surface area contributed by atoms with Crippen LogP contribution >= 0.6 is 0 Å². The number of benzene rings is 2. The van der Waals surface area contributed by atoms with Crippen LogP contribution in [0.5, 0.6) is 0 Å². The Morgan fingerprint density at radius 1 is 0.615 bits per heavy atom. The highest BCUT2D eigenvalue weighted by Crippen LogP contribution is 2.42. The van der Waals surface area contributed by atoms with Crippen molar-refractivity contribution in [1.82, 2.24) is 10.6 Å². The minimum atomic E-state index is -1.82. The number of hydrogen-bond donors (Lipinski definition) is 4. The fraction of sp³-hybridized carbons (Fsp3) is 0.667. The molecule has 2 amide bonds. The molecular weight excluding hydrogens is 685 g/mol. The van der Waals surface area contributed by atoms with E-state index in [2.05, 4.69) is 78.4 Å². The lowest BCUT2D eigenvalue weighted by molar-refractivity contribution is -0.146. The second-order valence-electron chi connectivity index (χ2n) is 18.4. The Morgan fingerprint density at radius 2 is 0.885 bits per heavy atom. The van der Waals surface area contributed by atoms with E-state index in [-0.39, 0.29) is 46.2 Å². The highest BCUT2D eigenvalue weighted by molar-refractivity contribution is 6.74. The minimum absolute atomic E-state index is 0.117. The van der Waals surface area contributed by atoms with Crippen LogP contribution in [0.1, 0.15) is 130 Å². The van der Waals surface area contributed by atoms with Gasteiger partial charge in [-0.2, -0.15) is 0 Å². The van der Waals surface area contributed by atoms with Crippen molar-refractivity contribution in [3.05, 3.63) is 71.8 Å². The van der Waals surface area contributed by atoms with Crippen molar-refractivity contribution in [3.63, 3.8) is 0 Å². The molecule has 2 saturated carbocycles. The predicted octanol–water partition coefficient (Wildman–Crippen LogP) is 9.12. The van der Waals surface area contributed by atoms with Crippen molar-refractivity contribution in [2.45, 2.75) is 179 Å². The molecule has 8 nitrogen and oxygen atoms in total. The van der Waals surface area contributed by atoms with E-state index in [1.165, 1.54) is 0 Å². The van der Waals surface area contributed by atoms with Crippen molar-refractivity contribution in [2.75, 3.05) is 0 Å². The maximum Gasteiger partial charge on any atom is 0.252 e. The fourth-order valence-corrected chi connectivity index (χ4v) is 9.17. The Bertz CT molecular complexity index is 1310. The molecule has 52 heavy (non-hydrogen) atoms. The fourth-order valence-electron chi connectivity index (χ4n) is 6.33. The highest BCUT2D eigenvalue weighted by atomic mass is 28.4. The number of nitrogens with one attached hydrogen (secondary N) is 2. The van der Waals surface area contributed by atoms with Gasteiger partial charge in [0.15, 0.2) is 16.6 Å². The topological polar surface area (TPSA) is 117 Å². The Labute approximate surface area is 317 Å². The summed E-state index contributed by atoms with van der Waals surface area (Å²) in [6.07, 6.45) is 5.06. The van der Waals surface area contributed by atoms with E-state index in [0.29, 0.717) is 25.7 Å². The summed E-state index contributed by atoms with van der Waals surface area (Å²) in [5, 5.41) is 28.0. The summed E-state index contributed by atoms with van der Waals surface area (Å²) < 4.78 is 12.9. The molecule has 2 aromatic rings. The molecule has 10 heteroatoms. The third-order valence-corrected chi connectivity index (χ3v) is 21.3. The molecule has 2 atom stereocenters. The first-order valence-electron chi connectivity index (χ1n) is 19.4. The molecule has 2 aromatic carbocycles. The number of amides is 2. The summed E-state index contributed by atoms with van der Waals surface area (Å²) in [5.74, 6) is -0.528. The Morgan fingerprint density at radius 3 is 1.13 bits per heavy atom. The SMILES string of the molecule is CC(NC(=O)C1(O)CCC(O[Si](C)(C)C(C)(C)C)CC1)c1ccccc1.CC(NC(=O)C1(O)CCC(O[Si](C)(C)C(C)(C)C)CC1)c1ccccc1. The molecule has 2 aliphatic rings. The monoisotopic (exact) mass is 754 g/mol. The van der Waals surface area contributed by atoms with Gasteiger partial charge < -0.3 is 29.7 Å². The van der Waals surface area contributed by atoms with Crippen LogP contribution in [-0.4, -0.2) is 62.1 Å². The summed E-state index contributed by atoms with van der Waals surface area (Å²) in [7, 11) is -3.64. The third-order valence-electron chi connectivity index (χ3n) is 12.2. The Balaban J connectivity index is 0.000000280. The lowest BCUT2D eigenvalue weighted by atomic mass is 9.82. The quantitative estimate of drug-likeness (QED) is 0.180. The first kappa shape index (κ1) is 44.1. The maximum atomic E-state index is 12.7. The van der Waals surface area contributed by atoms with Gasteiger partial charge in [0.2, 0.25) is 0 Å². The van der Waals surface area contributed by atoms with E-state index >= 15 is 0 Å². The van der Waals surface area contributed by atoms with Crippen molar-refractivity contribution >= 4 is 28.4 Å². The van der Waals surface area contributed by atoms with Crippen molar-refractivity contribution in [2.24, 2.45) is 0 Å². The van der Waals surface area contributed by atoms with Gasteiger partial charge in [0.05, 0.1) is 12.1 Å². The molecule has 0 bridgehead atoms. The van der Waals surface area contributed by atoms with Gasteiger partial charge in [0.25, 0.3) is 11.8 Å². The van der Waals surface area contributed by atoms with Crippen LogP contribution in [0.3, 0.4) is 0 Å². The summed E-state index contributed by atoms with van der Waals surface area (Å²) in [6, 6.07) is 19.4. The van der Waals surface area contributed by atoms with Gasteiger partial charge in [-0.25, -0.2) is 0 Å². The molecule has 4 rings (SSSR count). The van der Waals surface area contributed by atoms with E-state index in [0.717, 1.165) is 36.8 Å². The van der Waals surface area contributed by atoms with Crippen molar-refractivity contribution in [3.8, 4) is 0 Å². The van der Waals surface area contributed by atoms with Gasteiger partial charge in [-0.1, -0.05) is 102 Å². The summed E-state index contributed by atoms with van der Waals surface area (Å²) in [4.78, 5) is 25.3. The van der Waals surface area contributed by atoms with E-state index in [9.17, 15) is 19.8 Å². The van der Waals surface area contributed by atoms with Gasteiger partial charge in [-0.15, -0.1) is 0 Å². The molecule has 2 aliphatic carbocycles. The third kappa shape index (κ3) is 11.8. The molecular formula is C42H70N2O6Si2. The number of aliphatic hydroxyl groups is 2. The lowest BCUT2D eigenvalue weighted by Gasteiger charge is -2.42. The van der Waals surface area contributed by atoms with Crippen LogP contribution in [0.2, 0.25) is 36.3 Å². The number of rotatable bonds is 10. The van der Waals surface area contributed by atoms with Gasteiger partial charge in [0.1, 0.15) is 11.2 Å². The average Bonchev–Trinajstić information content (AvgIpc) is 3.07. The molecule has 0 saturated heterocycles. The summed E-state index contributed by atoms with van der Waals surface area (Å²) >= 11 is 0. The van der Waals surface area contributed by atoms with Crippen LogP contribution in [0, 0.1) is 0 Å². The lowest BCUT2D eigenvalue weighted by Crippen LogP contribution is -2.52. The molecule has 0 aromatic heterocycles. The molecule has 0 aliphatic heterocycles. The molecule has 2 fully saturated rings. The number of carbonyl (C=O) groups is 2. The average molecular weight is 755 g/mol. The Kier molecular flexibility index (Phi) is 14.8. The molecule has 292 valence electrons. The highest BCUT2D eigenvalue weighted by Gasteiger charge is 2.46. The standard InChI is InChI=1S/2C21H35NO3Si/c2*1-16(17-10-8-7-9-11-17)22-19(23)21(24)14-12-18(13-15-21)25-26(5,6)20(2,3)4/h2*7-11,16,18,24H,12-15H2,1-6H3,(H,22,23). The second-order valence-corrected chi connectivity index (χ2v) is 27.9. The first-order valence-corrected chi connectivity index (χ1v) is 25.2. The van der Waals surface area contributed by atoms with Gasteiger partial charge in [0, 0.05) is 12.2 Å². The first-order chi connectivity index (χ1) is 23.9. The summed E-state index contributed by atoms with van der Waals surface area (Å²) in [5.41, 5.74) is -0.481. The van der Waals surface area contributed by atoms with E-state index in [1.54, 1.807) is 0 Å². The number of hydrogen-bond acceptors (Lipinski definition) is 6. The van der Waals surface area contributed by atoms with Gasteiger partial charge in [-0.3, -0.25) is 9.59 Å². The molecule has 4 N–H and O–H groups in total. The van der Waals surface area contributed by atoms with E-state index < -0.39 is 27.8 Å². The maximum absolute atomic E-state index is 12.7. The zero-order valence-corrected chi connectivity index (χ0v) is 36.3. The zero-order chi connectivity index (χ0) is 39.2. The molecule has 2 unspecified atom stereocenters. The van der Waals surface area contributed by atoms with Crippen LogP contribution in [-0.2, 0) is 18.4 Å². The van der Waals surface area contributed by atoms with Crippen LogP contribution < -0.4 is 10.6 Å². The van der Waals surface area contributed by atoms with E-state index in [4.69, 9.17) is 8.85 Å². The van der Waals surface area contributed by atoms with Gasteiger partial charge in [-0.05, 0) is 113 Å². The summed E-state index contributed by atoms with van der Waals surface area (Å²) in [6.45, 7) is 26.3. The van der Waals surface area contributed by atoms with Crippen LogP contribution in [0.25, 0.3) is 0 Å². The predicted molar refractivity (Wildman–Crippen MR) is 217 cm³/mol.